The predicted octanol–water partition coefficient (Wildman–Crippen LogP) is 2.00. The molecule has 0 spiro atoms. The maximum absolute atomic E-state index is 12.2. The molecule has 1 saturated carbocycles. The zero-order valence-corrected chi connectivity index (χ0v) is 11.1. The summed E-state index contributed by atoms with van der Waals surface area (Å²) in [6.07, 6.45) is 5.38. The minimum atomic E-state index is -0.748. The predicted molar refractivity (Wildman–Crippen MR) is 67.7 cm³/mol. The summed E-state index contributed by atoms with van der Waals surface area (Å²) in [5.41, 5.74) is -0.620. The molecule has 1 aliphatic heterocycles. The number of carbonyl (C=O) groups is 1. The first-order valence-electron chi connectivity index (χ1n) is 6.88. The average Bonchev–Trinajstić information content (AvgIpc) is 2.87. The normalized spacial score (nSPS) is 25.3. The number of rotatable bonds is 3. The van der Waals surface area contributed by atoms with Crippen LogP contribution >= 0.6 is 0 Å². The molecule has 2 rings (SSSR count). The fourth-order valence-electron chi connectivity index (χ4n) is 2.87. The molecular formula is C14H22N2O2. The van der Waals surface area contributed by atoms with Crippen LogP contribution in [0.4, 0.5) is 0 Å². The van der Waals surface area contributed by atoms with Crippen LogP contribution in [0.3, 0.4) is 0 Å². The summed E-state index contributed by atoms with van der Waals surface area (Å²) in [4.78, 5) is 12.2. The van der Waals surface area contributed by atoms with Crippen molar-refractivity contribution < 1.29 is 9.53 Å². The standard InChI is InChI=1S/C14H22N2O2/c1-13(6-8-18-9-7-13)11-16-12(17)14(10-15)4-2-3-5-14/h2-9,11H2,1H3,(H,16,17). The molecule has 1 heterocycles. The van der Waals surface area contributed by atoms with E-state index in [1.807, 2.05) is 0 Å². The van der Waals surface area contributed by atoms with Crippen molar-refractivity contribution in [3.8, 4) is 6.07 Å². The van der Waals surface area contributed by atoms with Crippen molar-refractivity contribution in [2.75, 3.05) is 19.8 Å². The summed E-state index contributed by atoms with van der Waals surface area (Å²) in [6.45, 7) is 4.40. The molecule has 2 aliphatic rings. The summed E-state index contributed by atoms with van der Waals surface area (Å²) in [6, 6.07) is 2.24. The third-order valence-electron chi connectivity index (χ3n) is 4.48. The molecule has 0 aromatic rings. The molecule has 0 aromatic carbocycles. The van der Waals surface area contributed by atoms with Crippen molar-refractivity contribution in [3.63, 3.8) is 0 Å². The molecule has 0 radical (unpaired) electrons. The third-order valence-corrected chi connectivity index (χ3v) is 4.48. The smallest absolute Gasteiger partial charge is 0.240 e. The SMILES string of the molecule is CC1(CNC(=O)C2(C#N)CCCC2)CCOCC1. The Morgan fingerprint density at radius 1 is 1.28 bits per heavy atom. The van der Waals surface area contributed by atoms with Gasteiger partial charge in [-0.15, -0.1) is 0 Å². The number of nitrogens with zero attached hydrogens (tertiary/aromatic N) is 1. The molecule has 0 atom stereocenters. The highest BCUT2D eigenvalue weighted by molar-refractivity contribution is 5.85. The van der Waals surface area contributed by atoms with Crippen molar-refractivity contribution in [1.82, 2.24) is 5.32 Å². The van der Waals surface area contributed by atoms with Gasteiger partial charge in [0.05, 0.1) is 6.07 Å². The molecule has 4 nitrogen and oxygen atoms in total. The molecule has 0 unspecified atom stereocenters. The topological polar surface area (TPSA) is 62.1 Å². The van der Waals surface area contributed by atoms with E-state index in [-0.39, 0.29) is 11.3 Å². The first-order valence-corrected chi connectivity index (χ1v) is 6.88. The van der Waals surface area contributed by atoms with Crippen LogP contribution in [0.1, 0.15) is 45.4 Å². The van der Waals surface area contributed by atoms with E-state index in [2.05, 4.69) is 18.3 Å². The Bertz CT molecular complexity index is 347. The summed E-state index contributed by atoms with van der Waals surface area (Å²) in [5.74, 6) is -0.0600. The monoisotopic (exact) mass is 250 g/mol. The van der Waals surface area contributed by atoms with Gasteiger partial charge in [0, 0.05) is 19.8 Å². The van der Waals surface area contributed by atoms with Gasteiger partial charge in [0.1, 0.15) is 5.41 Å². The molecule has 100 valence electrons. The number of amides is 1. The Balaban J connectivity index is 1.89. The summed E-state index contributed by atoms with van der Waals surface area (Å²) < 4.78 is 5.35. The van der Waals surface area contributed by atoms with E-state index < -0.39 is 5.41 Å². The lowest BCUT2D eigenvalue weighted by Crippen LogP contribution is -2.44. The zero-order valence-electron chi connectivity index (χ0n) is 11.1. The molecule has 0 bridgehead atoms. The van der Waals surface area contributed by atoms with Gasteiger partial charge in [0.25, 0.3) is 0 Å². The van der Waals surface area contributed by atoms with Gasteiger partial charge >= 0.3 is 0 Å². The lowest BCUT2D eigenvalue weighted by molar-refractivity contribution is -0.128. The molecule has 1 N–H and O–H groups in total. The van der Waals surface area contributed by atoms with E-state index in [4.69, 9.17) is 4.74 Å². The van der Waals surface area contributed by atoms with Crippen LogP contribution in [-0.4, -0.2) is 25.7 Å². The van der Waals surface area contributed by atoms with E-state index in [9.17, 15) is 10.1 Å². The quantitative estimate of drug-likeness (QED) is 0.833. The average molecular weight is 250 g/mol. The van der Waals surface area contributed by atoms with Crippen LogP contribution in [0.5, 0.6) is 0 Å². The fraction of sp³-hybridized carbons (Fsp3) is 0.857. The Morgan fingerprint density at radius 2 is 1.89 bits per heavy atom. The van der Waals surface area contributed by atoms with Gasteiger partial charge in [0.2, 0.25) is 5.91 Å². The first-order chi connectivity index (χ1) is 8.60. The van der Waals surface area contributed by atoms with E-state index in [0.29, 0.717) is 6.54 Å². The summed E-state index contributed by atoms with van der Waals surface area (Å²) in [5, 5.41) is 12.3. The van der Waals surface area contributed by atoms with Gasteiger partial charge in [-0.2, -0.15) is 5.26 Å². The number of hydrogen-bond donors (Lipinski definition) is 1. The van der Waals surface area contributed by atoms with Crippen molar-refractivity contribution in [2.45, 2.75) is 45.4 Å². The van der Waals surface area contributed by atoms with Crippen molar-refractivity contribution in [3.05, 3.63) is 0 Å². The minimum Gasteiger partial charge on any atom is -0.381 e. The van der Waals surface area contributed by atoms with Crippen molar-refractivity contribution >= 4 is 5.91 Å². The molecule has 18 heavy (non-hydrogen) atoms. The van der Waals surface area contributed by atoms with Gasteiger partial charge < -0.3 is 10.1 Å². The number of ether oxygens (including phenoxy) is 1. The van der Waals surface area contributed by atoms with Crippen LogP contribution in [0.25, 0.3) is 0 Å². The van der Waals surface area contributed by atoms with E-state index in [1.54, 1.807) is 0 Å². The van der Waals surface area contributed by atoms with Crippen LogP contribution in [0.2, 0.25) is 0 Å². The first kappa shape index (κ1) is 13.4. The zero-order chi connectivity index (χ0) is 13.1. The molecule has 1 saturated heterocycles. The third kappa shape index (κ3) is 2.67. The van der Waals surface area contributed by atoms with Gasteiger partial charge in [-0.25, -0.2) is 0 Å². The number of carbonyl (C=O) groups excluding carboxylic acids is 1. The molecular weight excluding hydrogens is 228 g/mol. The van der Waals surface area contributed by atoms with Gasteiger partial charge in [-0.3, -0.25) is 4.79 Å². The maximum Gasteiger partial charge on any atom is 0.240 e. The second-order valence-electron chi connectivity index (χ2n) is 6.01. The summed E-state index contributed by atoms with van der Waals surface area (Å²) in [7, 11) is 0. The second-order valence-corrected chi connectivity index (χ2v) is 6.01. The highest BCUT2D eigenvalue weighted by Crippen LogP contribution is 2.38. The van der Waals surface area contributed by atoms with E-state index in [0.717, 1.165) is 51.7 Å². The highest BCUT2D eigenvalue weighted by Gasteiger charge is 2.42. The van der Waals surface area contributed by atoms with Crippen LogP contribution in [0.15, 0.2) is 0 Å². The lowest BCUT2D eigenvalue weighted by atomic mass is 9.81. The molecule has 0 aromatic heterocycles. The van der Waals surface area contributed by atoms with Gasteiger partial charge in [-0.1, -0.05) is 19.8 Å². The second kappa shape index (κ2) is 5.27. The molecule has 2 fully saturated rings. The van der Waals surface area contributed by atoms with E-state index >= 15 is 0 Å². The Kier molecular flexibility index (Phi) is 3.91. The Morgan fingerprint density at radius 3 is 2.44 bits per heavy atom. The number of nitriles is 1. The minimum absolute atomic E-state index is 0.0600. The highest BCUT2D eigenvalue weighted by atomic mass is 16.5. The Labute approximate surface area is 109 Å². The van der Waals surface area contributed by atoms with Gasteiger partial charge in [0.15, 0.2) is 0 Å². The van der Waals surface area contributed by atoms with Crippen LogP contribution < -0.4 is 5.32 Å². The number of nitrogens with one attached hydrogen (secondary N) is 1. The number of hydrogen-bond acceptors (Lipinski definition) is 3. The fourth-order valence-corrected chi connectivity index (χ4v) is 2.87. The molecule has 1 amide bonds. The lowest BCUT2D eigenvalue weighted by Gasteiger charge is -2.34. The molecule has 1 aliphatic carbocycles. The Hall–Kier alpha value is -1.08. The van der Waals surface area contributed by atoms with Crippen LogP contribution in [0, 0.1) is 22.2 Å². The largest absolute Gasteiger partial charge is 0.381 e. The maximum atomic E-state index is 12.2. The van der Waals surface area contributed by atoms with Crippen LogP contribution in [-0.2, 0) is 9.53 Å². The summed E-state index contributed by atoms with van der Waals surface area (Å²) >= 11 is 0. The molecule has 4 heteroatoms. The van der Waals surface area contributed by atoms with Crippen molar-refractivity contribution in [1.29, 1.82) is 5.26 Å². The van der Waals surface area contributed by atoms with Crippen molar-refractivity contribution in [2.24, 2.45) is 10.8 Å². The van der Waals surface area contributed by atoms with E-state index in [1.165, 1.54) is 0 Å². The van der Waals surface area contributed by atoms with Gasteiger partial charge in [-0.05, 0) is 31.1 Å².